The molecular weight excluding hydrogens is 234 g/mol. The first-order valence-corrected chi connectivity index (χ1v) is 6.61. The van der Waals surface area contributed by atoms with Crippen molar-refractivity contribution in [2.24, 2.45) is 5.73 Å². The van der Waals surface area contributed by atoms with Crippen molar-refractivity contribution in [1.29, 1.82) is 0 Å². The van der Waals surface area contributed by atoms with E-state index in [1.54, 1.807) is 0 Å². The Labute approximate surface area is 115 Å². The molecule has 100 valence electrons. The maximum absolute atomic E-state index is 6.12. The molecule has 0 aliphatic carbocycles. The van der Waals surface area contributed by atoms with Crippen molar-refractivity contribution >= 4 is 0 Å². The van der Waals surface area contributed by atoms with E-state index >= 15 is 0 Å². The Bertz CT molecular complexity index is 563. The summed E-state index contributed by atoms with van der Waals surface area (Å²) in [6, 6.07) is 14.5. The molecule has 0 aliphatic heterocycles. The largest absolute Gasteiger partial charge is 0.484 e. The Kier molecular flexibility index (Phi) is 4.23. The second kappa shape index (κ2) is 5.89. The van der Waals surface area contributed by atoms with Crippen LogP contribution >= 0.6 is 0 Å². The van der Waals surface area contributed by atoms with Crippen molar-refractivity contribution in [2.75, 3.05) is 6.54 Å². The first kappa shape index (κ1) is 13.6. The van der Waals surface area contributed by atoms with Gasteiger partial charge in [0, 0.05) is 6.54 Å². The van der Waals surface area contributed by atoms with Gasteiger partial charge in [0.1, 0.15) is 11.9 Å². The summed E-state index contributed by atoms with van der Waals surface area (Å²) >= 11 is 0. The van der Waals surface area contributed by atoms with Gasteiger partial charge in [0.05, 0.1) is 0 Å². The molecule has 0 amide bonds. The minimum absolute atomic E-state index is 0.0956. The fourth-order valence-corrected chi connectivity index (χ4v) is 2.17. The molecule has 2 N–H and O–H groups in total. The smallest absolute Gasteiger partial charge is 0.136 e. The third kappa shape index (κ3) is 3.15. The molecule has 0 spiro atoms. The van der Waals surface area contributed by atoms with Gasteiger partial charge in [-0.15, -0.1) is 0 Å². The van der Waals surface area contributed by atoms with Crippen molar-refractivity contribution in [3.63, 3.8) is 0 Å². The highest BCUT2D eigenvalue weighted by atomic mass is 16.5. The van der Waals surface area contributed by atoms with Crippen LogP contribution in [0.25, 0.3) is 0 Å². The van der Waals surface area contributed by atoms with Gasteiger partial charge in [-0.05, 0) is 49.1 Å². The number of hydrogen-bond donors (Lipinski definition) is 1. The summed E-state index contributed by atoms with van der Waals surface area (Å²) in [4.78, 5) is 0. The average molecular weight is 255 g/mol. The van der Waals surface area contributed by atoms with Gasteiger partial charge in [0.25, 0.3) is 0 Å². The Hall–Kier alpha value is -1.80. The third-order valence-electron chi connectivity index (χ3n) is 3.36. The van der Waals surface area contributed by atoms with E-state index in [4.69, 9.17) is 10.5 Å². The monoisotopic (exact) mass is 255 g/mol. The number of ether oxygens (including phenoxy) is 1. The van der Waals surface area contributed by atoms with E-state index in [2.05, 4.69) is 51.1 Å². The van der Waals surface area contributed by atoms with E-state index in [9.17, 15) is 0 Å². The average Bonchev–Trinajstić information content (AvgIpc) is 2.41. The minimum Gasteiger partial charge on any atom is -0.484 e. The van der Waals surface area contributed by atoms with Gasteiger partial charge in [-0.2, -0.15) is 0 Å². The third-order valence-corrected chi connectivity index (χ3v) is 3.36. The first-order valence-electron chi connectivity index (χ1n) is 6.61. The van der Waals surface area contributed by atoms with Gasteiger partial charge in [-0.1, -0.05) is 36.4 Å². The summed E-state index contributed by atoms with van der Waals surface area (Å²) in [5.74, 6) is 0.915. The molecular formula is C17H21NO. The van der Waals surface area contributed by atoms with E-state index in [1.165, 1.54) is 11.1 Å². The van der Waals surface area contributed by atoms with Crippen LogP contribution in [0.5, 0.6) is 5.75 Å². The van der Waals surface area contributed by atoms with Gasteiger partial charge in [-0.25, -0.2) is 0 Å². The summed E-state index contributed by atoms with van der Waals surface area (Å²) in [6.07, 6.45) is -0.0956. The summed E-state index contributed by atoms with van der Waals surface area (Å²) < 4.78 is 6.12. The molecule has 1 atom stereocenters. The quantitative estimate of drug-likeness (QED) is 0.904. The fraction of sp³-hybridized carbons (Fsp3) is 0.294. The van der Waals surface area contributed by atoms with Crippen LogP contribution < -0.4 is 10.5 Å². The van der Waals surface area contributed by atoms with Crippen LogP contribution in [0.15, 0.2) is 42.5 Å². The lowest BCUT2D eigenvalue weighted by Crippen LogP contribution is -2.19. The van der Waals surface area contributed by atoms with Gasteiger partial charge >= 0.3 is 0 Å². The summed E-state index contributed by atoms with van der Waals surface area (Å²) in [7, 11) is 0. The van der Waals surface area contributed by atoms with Crippen LogP contribution in [0.3, 0.4) is 0 Å². The van der Waals surface area contributed by atoms with E-state index in [0.717, 1.165) is 16.9 Å². The Morgan fingerprint density at radius 1 is 1.00 bits per heavy atom. The molecule has 2 nitrogen and oxygen atoms in total. The van der Waals surface area contributed by atoms with Crippen LogP contribution in [0.1, 0.15) is 28.4 Å². The Morgan fingerprint density at radius 2 is 1.74 bits per heavy atom. The molecule has 2 aromatic carbocycles. The van der Waals surface area contributed by atoms with E-state index in [0.29, 0.717) is 6.54 Å². The molecule has 2 rings (SSSR count). The molecule has 0 bridgehead atoms. The lowest BCUT2D eigenvalue weighted by molar-refractivity contribution is 0.212. The SMILES string of the molecule is Cc1ccc(C)c(OC(CN)c2ccccc2C)c1. The number of aryl methyl sites for hydroxylation is 3. The molecule has 0 heterocycles. The molecule has 0 aromatic heterocycles. The second-order valence-electron chi connectivity index (χ2n) is 4.97. The van der Waals surface area contributed by atoms with Crippen LogP contribution in [-0.2, 0) is 0 Å². The Morgan fingerprint density at radius 3 is 2.42 bits per heavy atom. The van der Waals surface area contributed by atoms with E-state index in [-0.39, 0.29) is 6.10 Å². The predicted octanol–water partition coefficient (Wildman–Crippen LogP) is 3.69. The number of rotatable bonds is 4. The van der Waals surface area contributed by atoms with Crippen molar-refractivity contribution in [3.05, 3.63) is 64.7 Å². The summed E-state index contributed by atoms with van der Waals surface area (Å²) in [5.41, 5.74) is 10.6. The minimum atomic E-state index is -0.0956. The maximum Gasteiger partial charge on any atom is 0.136 e. The number of benzene rings is 2. The molecule has 1 unspecified atom stereocenters. The Balaban J connectivity index is 2.29. The van der Waals surface area contributed by atoms with Gasteiger partial charge in [-0.3, -0.25) is 0 Å². The topological polar surface area (TPSA) is 35.2 Å². The number of hydrogen-bond acceptors (Lipinski definition) is 2. The van der Waals surface area contributed by atoms with Crippen molar-refractivity contribution in [1.82, 2.24) is 0 Å². The van der Waals surface area contributed by atoms with Gasteiger partial charge in [0.2, 0.25) is 0 Å². The highest BCUT2D eigenvalue weighted by molar-refractivity contribution is 5.37. The highest BCUT2D eigenvalue weighted by Crippen LogP contribution is 2.27. The van der Waals surface area contributed by atoms with Crippen LogP contribution in [0.4, 0.5) is 0 Å². The molecule has 0 saturated heterocycles. The standard InChI is InChI=1S/C17H21NO/c1-12-8-9-14(3)16(10-12)19-17(11-18)15-7-5-4-6-13(15)2/h4-10,17H,11,18H2,1-3H3. The maximum atomic E-state index is 6.12. The van der Waals surface area contributed by atoms with Crippen LogP contribution in [0.2, 0.25) is 0 Å². The molecule has 0 radical (unpaired) electrons. The molecule has 19 heavy (non-hydrogen) atoms. The van der Waals surface area contributed by atoms with E-state index < -0.39 is 0 Å². The predicted molar refractivity (Wildman–Crippen MR) is 79.5 cm³/mol. The zero-order chi connectivity index (χ0) is 13.8. The normalized spacial score (nSPS) is 12.2. The lowest BCUT2D eigenvalue weighted by Gasteiger charge is -2.21. The lowest BCUT2D eigenvalue weighted by atomic mass is 10.0. The summed E-state index contributed by atoms with van der Waals surface area (Å²) in [5, 5.41) is 0. The first-order chi connectivity index (χ1) is 9.11. The van der Waals surface area contributed by atoms with Crippen LogP contribution in [0, 0.1) is 20.8 Å². The second-order valence-corrected chi connectivity index (χ2v) is 4.97. The number of nitrogens with two attached hydrogens (primary N) is 1. The molecule has 0 saturated carbocycles. The molecule has 2 aromatic rings. The molecule has 0 fully saturated rings. The molecule has 2 heteroatoms. The van der Waals surface area contributed by atoms with Gasteiger partial charge in [0.15, 0.2) is 0 Å². The van der Waals surface area contributed by atoms with Crippen LogP contribution in [-0.4, -0.2) is 6.54 Å². The van der Waals surface area contributed by atoms with Crippen molar-refractivity contribution in [3.8, 4) is 5.75 Å². The summed E-state index contributed by atoms with van der Waals surface area (Å²) in [6.45, 7) is 6.68. The van der Waals surface area contributed by atoms with Crippen molar-refractivity contribution in [2.45, 2.75) is 26.9 Å². The fourth-order valence-electron chi connectivity index (χ4n) is 2.17. The molecule has 0 aliphatic rings. The zero-order valence-corrected chi connectivity index (χ0v) is 11.8. The van der Waals surface area contributed by atoms with Gasteiger partial charge < -0.3 is 10.5 Å². The highest BCUT2D eigenvalue weighted by Gasteiger charge is 2.14. The van der Waals surface area contributed by atoms with E-state index in [1.807, 2.05) is 12.1 Å². The van der Waals surface area contributed by atoms with Crippen molar-refractivity contribution < 1.29 is 4.74 Å². The zero-order valence-electron chi connectivity index (χ0n) is 11.8.